The predicted molar refractivity (Wildman–Crippen MR) is 74.9 cm³/mol. The number of piperazine rings is 1. The summed E-state index contributed by atoms with van der Waals surface area (Å²) in [7, 11) is 2.17. The lowest BCUT2D eigenvalue weighted by Crippen LogP contribution is -2.54. The minimum Gasteiger partial charge on any atom is -0.329 e. The largest absolute Gasteiger partial charge is 0.329 e. The molecule has 17 heavy (non-hydrogen) atoms. The summed E-state index contributed by atoms with van der Waals surface area (Å²) in [5.74, 6) is 0. The van der Waals surface area contributed by atoms with Crippen LogP contribution in [0.4, 0.5) is 0 Å². The van der Waals surface area contributed by atoms with Crippen LogP contribution in [0, 0.1) is 0 Å². The highest BCUT2D eigenvalue weighted by Gasteiger charge is 2.23. The van der Waals surface area contributed by atoms with Crippen molar-refractivity contribution in [2.24, 2.45) is 5.73 Å². The lowest BCUT2D eigenvalue weighted by Gasteiger charge is -2.39. The third kappa shape index (κ3) is 3.52. The van der Waals surface area contributed by atoms with Gasteiger partial charge in [0.2, 0.25) is 0 Å². The Kier molecular flexibility index (Phi) is 4.56. The fourth-order valence-corrected chi connectivity index (χ4v) is 2.57. The van der Waals surface area contributed by atoms with Gasteiger partial charge in [-0.2, -0.15) is 0 Å². The molecule has 1 fully saturated rings. The van der Waals surface area contributed by atoms with E-state index in [0.29, 0.717) is 6.04 Å². The fourth-order valence-electron chi connectivity index (χ4n) is 2.30. The molecule has 0 spiro atoms. The van der Waals surface area contributed by atoms with E-state index in [1.165, 1.54) is 5.56 Å². The van der Waals surface area contributed by atoms with E-state index in [1.54, 1.807) is 0 Å². The molecule has 4 heteroatoms. The van der Waals surface area contributed by atoms with Crippen LogP contribution >= 0.6 is 15.9 Å². The fraction of sp³-hybridized carbons (Fsp3) is 0.538. The van der Waals surface area contributed by atoms with Crippen LogP contribution < -0.4 is 5.73 Å². The monoisotopic (exact) mass is 297 g/mol. The van der Waals surface area contributed by atoms with Gasteiger partial charge in [0, 0.05) is 43.2 Å². The molecule has 0 amide bonds. The van der Waals surface area contributed by atoms with Gasteiger partial charge in [-0.3, -0.25) is 4.90 Å². The first kappa shape index (κ1) is 13.0. The van der Waals surface area contributed by atoms with Crippen LogP contribution in [-0.2, 0) is 6.54 Å². The molecule has 2 N–H and O–H groups in total. The summed E-state index contributed by atoms with van der Waals surface area (Å²) in [6.45, 7) is 5.05. The van der Waals surface area contributed by atoms with Crippen LogP contribution in [0.2, 0.25) is 0 Å². The van der Waals surface area contributed by atoms with Crippen molar-refractivity contribution in [2.45, 2.75) is 12.6 Å². The Morgan fingerprint density at radius 3 is 2.65 bits per heavy atom. The molecule has 1 heterocycles. The third-order valence-electron chi connectivity index (χ3n) is 3.38. The maximum atomic E-state index is 5.86. The molecular formula is C13H20BrN3. The van der Waals surface area contributed by atoms with E-state index in [2.05, 4.69) is 57.0 Å². The summed E-state index contributed by atoms with van der Waals surface area (Å²) < 4.78 is 1.13. The lowest BCUT2D eigenvalue weighted by atomic mass is 10.1. The Balaban J connectivity index is 1.99. The number of benzene rings is 1. The molecule has 94 valence electrons. The molecule has 0 aromatic heterocycles. The number of nitrogens with two attached hydrogens (primary N) is 1. The second kappa shape index (κ2) is 5.96. The van der Waals surface area contributed by atoms with Crippen LogP contribution in [0.15, 0.2) is 28.7 Å². The van der Waals surface area contributed by atoms with Gasteiger partial charge >= 0.3 is 0 Å². The Hall–Kier alpha value is -0.420. The smallest absolute Gasteiger partial charge is 0.0349 e. The second-order valence-corrected chi connectivity index (χ2v) is 5.66. The summed E-state index contributed by atoms with van der Waals surface area (Å²) in [6.07, 6.45) is 0. The van der Waals surface area contributed by atoms with Gasteiger partial charge in [0.15, 0.2) is 0 Å². The first-order valence-electron chi connectivity index (χ1n) is 6.06. The number of likely N-dealkylation sites (N-methyl/N-ethyl adjacent to an activating group) is 1. The van der Waals surface area contributed by atoms with Crippen molar-refractivity contribution in [3.8, 4) is 0 Å². The van der Waals surface area contributed by atoms with Crippen molar-refractivity contribution in [2.75, 3.05) is 33.2 Å². The average Bonchev–Trinajstić information content (AvgIpc) is 2.34. The van der Waals surface area contributed by atoms with Gasteiger partial charge in [0.1, 0.15) is 0 Å². The van der Waals surface area contributed by atoms with Crippen molar-refractivity contribution in [1.29, 1.82) is 0 Å². The minimum atomic E-state index is 0.484. The van der Waals surface area contributed by atoms with E-state index in [1.807, 2.05) is 0 Å². The standard InChI is InChI=1S/C13H20BrN3/c1-16-6-7-17(13(8-15)10-16)9-11-2-4-12(14)5-3-11/h2-5,13H,6-10,15H2,1H3. The number of halogens is 1. The Morgan fingerprint density at radius 1 is 1.29 bits per heavy atom. The molecule has 0 bridgehead atoms. The SMILES string of the molecule is CN1CCN(Cc2ccc(Br)cc2)C(CN)C1. The molecule has 1 aromatic carbocycles. The Bertz CT molecular complexity index is 352. The number of hydrogen-bond donors (Lipinski definition) is 1. The predicted octanol–water partition coefficient (Wildman–Crippen LogP) is 1.52. The van der Waals surface area contributed by atoms with Gasteiger partial charge in [-0.25, -0.2) is 0 Å². The summed E-state index contributed by atoms with van der Waals surface area (Å²) in [5.41, 5.74) is 7.22. The zero-order chi connectivity index (χ0) is 12.3. The molecule has 1 aliphatic rings. The van der Waals surface area contributed by atoms with Gasteiger partial charge in [0.25, 0.3) is 0 Å². The van der Waals surface area contributed by atoms with Crippen LogP contribution in [0.3, 0.4) is 0 Å². The van der Waals surface area contributed by atoms with Crippen molar-refractivity contribution in [1.82, 2.24) is 9.80 Å². The molecular weight excluding hydrogens is 278 g/mol. The molecule has 1 aliphatic heterocycles. The number of hydrogen-bond acceptors (Lipinski definition) is 3. The van der Waals surface area contributed by atoms with Gasteiger partial charge in [-0.1, -0.05) is 28.1 Å². The normalized spacial score (nSPS) is 22.9. The molecule has 1 atom stereocenters. The van der Waals surface area contributed by atoms with E-state index in [-0.39, 0.29) is 0 Å². The summed E-state index contributed by atoms with van der Waals surface area (Å²) >= 11 is 3.46. The van der Waals surface area contributed by atoms with E-state index < -0.39 is 0 Å². The molecule has 0 saturated carbocycles. The van der Waals surface area contributed by atoms with E-state index in [9.17, 15) is 0 Å². The number of rotatable bonds is 3. The first-order chi connectivity index (χ1) is 8.19. The number of nitrogens with zero attached hydrogens (tertiary/aromatic N) is 2. The molecule has 0 radical (unpaired) electrons. The highest BCUT2D eigenvalue weighted by molar-refractivity contribution is 9.10. The lowest BCUT2D eigenvalue weighted by molar-refractivity contribution is 0.0881. The highest BCUT2D eigenvalue weighted by atomic mass is 79.9. The van der Waals surface area contributed by atoms with Crippen LogP contribution in [0.25, 0.3) is 0 Å². The molecule has 1 aromatic rings. The topological polar surface area (TPSA) is 32.5 Å². The molecule has 2 rings (SSSR count). The van der Waals surface area contributed by atoms with Crippen molar-refractivity contribution in [3.05, 3.63) is 34.3 Å². The Morgan fingerprint density at radius 2 is 2.00 bits per heavy atom. The van der Waals surface area contributed by atoms with Crippen molar-refractivity contribution < 1.29 is 0 Å². The van der Waals surface area contributed by atoms with E-state index in [4.69, 9.17) is 5.73 Å². The summed E-state index contributed by atoms with van der Waals surface area (Å²) in [4.78, 5) is 4.85. The van der Waals surface area contributed by atoms with Crippen LogP contribution in [0.5, 0.6) is 0 Å². The molecule has 3 nitrogen and oxygen atoms in total. The van der Waals surface area contributed by atoms with E-state index in [0.717, 1.165) is 37.2 Å². The molecule has 0 aliphatic carbocycles. The van der Waals surface area contributed by atoms with Gasteiger partial charge in [-0.15, -0.1) is 0 Å². The quantitative estimate of drug-likeness (QED) is 0.918. The zero-order valence-corrected chi connectivity index (χ0v) is 11.9. The van der Waals surface area contributed by atoms with Crippen LogP contribution in [-0.4, -0.2) is 49.1 Å². The zero-order valence-electron chi connectivity index (χ0n) is 10.3. The maximum Gasteiger partial charge on any atom is 0.0349 e. The first-order valence-corrected chi connectivity index (χ1v) is 6.85. The average molecular weight is 298 g/mol. The van der Waals surface area contributed by atoms with Gasteiger partial charge in [0.05, 0.1) is 0 Å². The third-order valence-corrected chi connectivity index (χ3v) is 3.91. The van der Waals surface area contributed by atoms with Gasteiger partial charge < -0.3 is 10.6 Å². The minimum absolute atomic E-state index is 0.484. The van der Waals surface area contributed by atoms with Crippen molar-refractivity contribution >= 4 is 15.9 Å². The molecule has 1 unspecified atom stereocenters. The second-order valence-electron chi connectivity index (χ2n) is 4.75. The highest BCUT2D eigenvalue weighted by Crippen LogP contribution is 2.15. The van der Waals surface area contributed by atoms with Gasteiger partial charge in [-0.05, 0) is 24.7 Å². The van der Waals surface area contributed by atoms with Crippen LogP contribution in [0.1, 0.15) is 5.56 Å². The van der Waals surface area contributed by atoms with Crippen molar-refractivity contribution in [3.63, 3.8) is 0 Å². The van der Waals surface area contributed by atoms with E-state index >= 15 is 0 Å². The maximum absolute atomic E-state index is 5.86. The summed E-state index contributed by atoms with van der Waals surface area (Å²) in [5, 5.41) is 0. The molecule has 1 saturated heterocycles. The summed E-state index contributed by atoms with van der Waals surface area (Å²) in [6, 6.07) is 9.04. The Labute approximate surface area is 112 Å².